The molecule has 1 fully saturated rings. The van der Waals surface area contributed by atoms with Crippen LogP contribution in [0.3, 0.4) is 0 Å². The number of benzene rings is 1. The van der Waals surface area contributed by atoms with Gasteiger partial charge >= 0.3 is 0 Å². The van der Waals surface area contributed by atoms with Gasteiger partial charge in [-0.15, -0.1) is 0 Å². The molecule has 0 N–H and O–H groups in total. The van der Waals surface area contributed by atoms with Crippen LogP contribution in [0.25, 0.3) is 6.08 Å². The highest BCUT2D eigenvalue weighted by atomic mass is 32.2. The Kier molecular flexibility index (Phi) is 4.76. The van der Waals surface area contributed by atoms with Gasteiger partial charge in [-0.05, 0) is 54.9 Å². The van der Waals surface area contributed by atoms with Gasteiger partial charge < -0.3 is 9.15 Å². The summed E-state index contributed by atoms with van der Waals surface area (Å²) in [6, 6.07) is 9.40. The van der Waals surface area contributed by atoms with E-state index in [0.717, 1.165) is 28.6 Å². The Morgan fingerprint density at radius 2 is 2.08 bits per heavy atom. The minimum absolute atomic E-state index is 0.216. The minimum atomic E-state index is -0.314. The van der Waals surface area contributed by atoms with Crippen molar-refractivity contribution in [3.63, 3.8) is 0 Å². The van der Waals surface area contributed by atoms with E-state index in [0.29, 0.717) is 10.7 Å². The first-order chi connectivity index (χ1) is 11.5. The Balaban J connectivity index is 1.62. The molecule has 1 aliphatic rings. The third-order valence-corrected chi connectivity index (χ3v) is 4.51. The molecule has 2 heterocycles. The van der Waals surface area contributed by atoms with Crippen LogP contribution < -0.4 is 4.74 Å². The summed E-state index contributed by atoms with van der Waals surface area (Å²) in [5.74, 6) is 1.01. The van der Waals surface area contributed by atoms with Crippen molar-refractivity contribution in [2.75, 3.05) is 13.2 Å². The maximum Gasteiger partial charge on any atom is 0.293 e. The number of hydrogen-bond acceptors (Lipinski definition) is 5. The van der Waals surface area contributed by atoms with E-state index in [1.54, 1.807) is 18.2 Å². The van der Waals surface area contributed by atoms with Crippen molar-refractivity contribution in [3.8, 4) is 5.75 Å². The third kappa shape index (κ3) is 3.54. The summed E-state index contributed by atoms with van der Waals surface area (Å²) < 4.78 is 10.9. The maximum atomic E-state index is 12.3. The van der Waals surface area contributed by atoms with E-state index in [1.807, 2.05) is 32.0 Å². The molecule has 1 aromatic heterocycles. The second-order valence-electron chi connectivity index (χ2n) is 5.47. The van der Waals surface area contributed by atoms with Crippen molar-refractivity contribution < 1.29 is 18.7 Å². The van der Waals surface area contributed by atoms with Crippen molar-refractivity contribution in [2.45, 2.75) is 13.8 Å². The molecule has 1 aliphatic heterocycles. The van der Waals surface area contributed by atoms with E-state index < -0.39 is 0 Å². The quantitative estimate of drug-likeness (QED) is 0.768. The first kappa shape index (κ1) is 16.4. The fourth-order valence-electron chi connectivity index (χ4n) is 2.31. The Morgan fingerprint density at radius 1 is 1.25 bits per heavy atom. The smallest absolute Gasteiger partial charge is 0.293 e. The molecular weight excluding hydrogens is 326 g/mol. The largest absolute Gasteiger partial charge is 0.491 e. The number of ether oxygens (including phenoxy) is 1. The summed E-state index contributed by atoms with van der Waals surface area (Å²) in [5.41, 5.74) is 2.12. The molecule has 1 saturated heterocycles. The predicted octanol–water partition coefficient (Wildman–Crippen LogP) is 4.01. The van der Waals surface area contributed by atoms with Crippen molar-refractivity contribution in [1.29, 1.82) is 0 Å². The molecule has 0 atom stereocenters. The molecule has 1 aromatic carbocycles. The lowest BCUT2D eigenvalue weighted by atomic mass is 10.1. The normalized spacial score (nSPS) is 16.2. The van der Waals surface area contributed by atoms with Crippen molar-refractivity contribution in [3.05, 3.63) is 58.4 Å². The summed E-state index contributed by atoms with van der Waals surface area (Å²) in [4.78, 5) is 25.9. The number of amides is 2. The van der Waals surface area contributed by atoms with Gasteiger partial charge in [-0.3, -0.25) is 14.5 Å². The predicted molar refractivity (Wildman–Crippen MR) is 92.8 cm³/mol. The van der Waals surface area contributed by atoms with Gasteiger partial charge in [0, 0.05) is 6.08 Å². The number of thioether (sulfide) groups is 1. The van der Waals surface area contributed by atoms with Crippen LogP contribution in [-0.2, 0) is 4.79 Å². The Labute approximate surface area is 144 Å². The van der Waals surface area contributed by atoms with Crippen LogP contribution in [0.2, 0.25) is 0 Å². The molecule has 24 heavy (non-hydrogen) atoms. The lowest BCUT2D eigenvalue weighted by molar-refractivity contribution is -0.123. The van der Waals surface area contributed by atoms with E-state index in [2.05, 4.69) is 0 Å². The number of hydrogen-bond donors (Lipinski definition) is 0. The Bertz CT molecular complexity index is 795. The second-order valence-corrected chi connectivity index (χ2v) is 6.46. The number of aryl methyl sites for hydroxylation is 2. The van der Waals surface area contributed by atoms with E-state index in [1.165, 1.54) is 11.2 Å². The molecule has 6 heteroatoms. The average Bonchev–Trinajstić information content (AvgIpc) is 3.14. The summed E-state index contributed by atoms with van der Waals surface area (Å²) in [6.45, 7) is 4.42. The zero-order valence-corrected chi connectivity index (χ0v) is 14.3. The van der Waals surface area contributed by atoms with Crippen LogP contribution in [-0.4, -0.2) is 29.2 Å². The van der Waals surface area contributed by atoms with Gasteiger partial charge in [0.2, 0.25) is 0 Å². The summed E-state index contributed by atoms with van der Waals surface area (Å²) >= 11 is 0.915. The lowest BCUT2D eigenvalue weighted by Gasteiger charge is -2.14. The van der Waals surface area contributed by atoms with Gasteiger partial charge in [-0.25, -0.2) is 0 Å². The first-order valence-electron chi connectivity index (χ1n) is 7.53. The molecule has 0 bridgehead atoms. The van der Waals surface area contributed by atoms with Crippen LogP contribution in [0.4, 0.5) is 4.79 Å². The van der Waals surface area contributed by atoms with E-state index in [9.17, 15) is 9.59 Å². The number of carbonyl (C=O) groups is 2. The maximum absolute atomic E-state index is 12.3. The fourth-order valence-corrected chi connectivity index (χ4v) is 3.15. The van der Waals surface area contributed by atoms with Gasteiger partial charge in [-0.2, -0.15) is 0 Å². The van der Waals surface area contributed by atoms with Crippen molar-refractivity contribution in [1.82, 2.24) is 4.90 Å². The number of furan rings is 1. The zero-order chi connectivity index (χ0) is 17.1. The molecule has 0 aliphatic carbocycles. The van der Waals surface area contributed by atoms with Gasteiger partial charge in [0.25, 0.3) is 11.1 Å². The van der Waals surface area contributed by atoms with Crippen molar-refractivity contribution >= 4 is 29.0 Å². The SMILES string of the molecule is Cc1ccc(C)c(OCCN2C(=O)S/C(=C\c3ccco3)C2=O)c1. The zero-order valence-electron chi connectivity index (χ0n) is 13.4. The second kappa shape index (κ2) is 6.97. The summed E-state index contributed by atoms with van der Waals surface area (Å²) in [5, 5.41) is -0.289. The molecule has 0 unspecified atom stereocenters. The standard InChI is InChI=1S/C18H17NO4S/c1-12-5-6-13(2)15(10-12)23-9-7-19-17(20)16(24-18(19)21)11-14-4-3-8-22-14/h3-6,8,10-11H,7,9H2,1-2H3/b16-11-. The van der Waals surface area contributed by atoms with Gasteiger partial charge in [-0.1, -0.05) is 12.1 Å². The van der Waals surface area contributed by atoms with Crippen LogP contribution in [0.5, 0.6) is 5.75 Å². The lowest BCUT2D eigenvalue weighted by Crippen LogP contribution is -2.32. The Morgan fingerprint density at radius 3 is 2.83 bits per heavy atom. The highest BCUT2D eigenvalue weighted by Gasteiger charge is 2.35. The Hall–Kier alpha value is -2.47. The highest BCUT2D eigenvalue weighted by Crippen LogP contribution is 2.32. The molecule has 2 aromatic rings. The molecule has 124 valence electrons. The average molecular weight is 343 g/mol. The topological polar surface area (TPSA) is 59.8 Å². The molecule has 3 rings (SSSR count). The molecule has 2 amide bonds. The minimum Gasteiger partial charge on any atom is -0.491 e. The number of nitrogens with zero attached hydrogens (tertiary/aromatic N) is 1. The molecule has 0 spiro atoms. The number of carbonyl (C=O) groups excluding carboxylic acids is 2. The van der Waals surface area contributed by atoms with Crippen molar-refractivity contribution in [2.24, 2.45) is 0 Å². The van der Waals surface area contributed by atoms with Gasteiger partial charge in [0.05, 0.1) is 17.7 Å². The van der Waals surface area contributed by atoms with Crippen LogP contribution >= 0.6 is 11.8 Å². The van der Waals surface area contributed by atoms with Gasteiger partial charge in [0.15, 0.2) is 0 Å². The van der Waals surface area contributed by atoms with Crippen LogP contribution in [0.1, 0.15) is 16.9 Å². The molecular formula is C18H17NO4S. The van der Waals surface area contributed by atoms with Crippen LogP contribution in [0, 0.1) is 13.8 Å². The van der Waals surface area contributed by atoms with E-state index >= 15 is 0 Å². The van der Waals surface area contributed by atoms with E-state index in [4.69, 9.17) is 9.15 Å². The molecule has 0 radical (unpaired) electrons. The van der Waals surface area contributed by atoms with Gasteiger partial charge in [0.1, 0.15) is 18.1 Å². The van der Waals surface area contributed by atoms with E-state index in [-0.39, 0.29) is 24.3 Å². The van der Waals surface area contributed by atoms with Crippen LogP contribution in [0.15, 0.2) is 45.9 Å². The third-order valence-electron chi connectivity index (χ3n) is 3.61. The summed E-state index contributed by atoms with van der Waals surface area (Å²) in [7, 11) is 0. The first-order valence-corrected chi connectivity index (χ1v) is 8.35. The highest BCUT2D eigenvalue weighted by molar-refractivity contribution is 8.18. The number of imide groups is 1. The monoisotopic (exact) mass is 343 g/mol. The fraction of sp³-hybridized carbons (Fsp3) is 0.222. The molecule has 0 saturated carbocycles. The number of rotatable bonds is 5. The summed E-state index contributed by atoms with van der Waals surface area (Å²) in [6.07, 6.45) is 3.10. The molecule has 5 nitrogen and oxygen atoms in total.